The molecule has 0 spiro atoms. The molecule has 0 aliphatic rings. The van der Waals surface area contributed by atoms with E-state index in [2.05, 4.69) is 5.32 Å². The zero-order chi connectivity index (χ0) is 17.7. The predicted octanol–water partition coefficient (Wildman–Crippen LogP) is 3.31. The van der Waals surface area contributed by atoms with E-state index >= 15 is 0 Å². The van der Waals surface area contributed by atoms with Gasteiger partial charge >= 0.3 is 0 Å². The van der Waals surface area contributed by atoms with E-state index in [4.69, 9.17) is 39.5 Å². The third-order valence-corrected chi connectivity index (χ3v) is 4.23. The molecule has 1 amide bonds. The molecule has 0 heterocycles. The number of hydrogen-bond acceptors (Lipinski definition) is 2. The van der Waals surface area contributed by atoms with Crippen LogP contribution in [-0.2, 0) is 11.3 Å². The van der Waals surface area contributed by atoms with Crippen molar-refractivity contribution in [1.29, 1.82) is 0 Å². The molecule has 7 heteroatoms. The Morgan fingerprint density at radius 1 is 1.12 bits per heavy atom. The largest absolute Gasteiger partial charge is 0.495 e. The van der Waals surface area contributed by atoms with E-state index in [1.165, 1.54) is 0 Å². The minimum Gasteiger partial charge on any atom is -0.495 e. The van der Waals surface area contributed by atoms with E-state index in [0.717, 1.165) is 10.5 Å². The summed E-state index contributed by atoms with van der Waals surface area (Å²) in [5.74, 6) is 0.421. The maximum Gasteiger partial charge on any atom is 0.279 e. The van der Waals surface area contributed by atoms with Crippen LogP contribution < -0.4 is 15.0 Å². The number of rotatable bonds is 6. The van der Waals surface area contributed by atoms with Crippen molar-refractivity contribution in [2.75, 3.05) is 26.0 Å². The van der Waals surface area contributed by atoms with E-state index < -0.39 is 0 Å². The highest BCUT2D eigenvalue weighted by Crippen LogP contribution is 2.27. The lowest BCUT2D eigenvalue weighted by atomic mass is 10.2. The molecule has 1 atom stereocenters. The molecule has 0 bridgehead atoms. The maximum absolute atomic E-state index is 12.2. The van der Waals surface area contributed by atoms with Gasteiger partial charge in [-0.25, -0.2) is 0 Å². The van der Waals surface area contributed by atoms with Crippen LogP contribution in [0.3, 0.4) is 0 Å². The standard InChI is InChI=1S/C17H17Cl3N2O2/c1-22(9-11-3-4-12(18)7-14(11)20)10-17(23)21-15-8-13(19)5-6-16(15)24-2/h3-8H,9-10H2,1-2H3,(H,21,23)/p+1. The monoisotopic (exact) mass is 387 g/mol. The summed E-state index contributed by atoms with van der Waals surface area (Å²) in [4.78, 5) is 13.2. The molecule has 128 valence electrons. The highest BCUT2D eigenvalue weighted by Gasteiger charge is 2.14. The first kappa shape index (κ1) is 18.9. The van der Waals surface area contributed by atoms with Crippen LogP contribution in [0.15, 0.2) is 36.4 Å². The van der Waals surface area contributed by atoms with Crippen molar-refractivity contribution in [3.05, 3.63) is 57.0 Å². The number of anilines is 1. The van der Waals surface area contributed by atoms with Crippen molar-refractivity contribution in [3.63, 3.8) is 0 Å². The number of methoxy groups -OCH3 is 1. The number of hydrogen-bond donors (Lipinski definition) is 2. The van der Waals surface area contributed by atoms with Crippen LogP contribution in [0.4, 0.5) is 5.69 Å². The van der Waals surface area contributed by atoms with Gasteiger partial charge < -0.3 is 15.0 Å². The molecule has 2 aromatic carbocycles. The maximum atomic E-state index is 12.2. The summed E-state index contributed by atoms with van der Waals surface area (Å²) >= 11 is 18.0. The molecular weight excluding hydrogens is 371 g/mol. The zero-order valence-electron chi connectivity index (χ0n) is 13.3. The van der Waals surface area contributed by atoms with Gasteiger partial charge in [0.05, 0.1) is 24.9 Å². The number of carbonyl (C=O) groups is 1. The Kier molecular flexibility index (Phi) is 6.75. The van der Waals surface area contributed by atoms with Crippen LogP contribution >= 0.6 is 34.8 Å². The number of amides is 1. The van der Waals surface area contributed by atoms with Crippen molar-refractivity contribution in [1.82, 2.24) is 0 Å². The van der Waals surface area contributed by atoms with Gasteiger partial charge in [0.2, 0.25) is 0 Å². The van der Waals surface area contributed by atoms with E-state index in [0.29, 0.717) is 33.0 Å². The van der Waals surface area contributed by atoms with E-state index in [9.17, 15) is 4.79 Å². The van der Waals surface area contributed by atoms with Gasteiger partial charge in [0.15, 0.2) is 6.54 Å². The van der Waals surface area contributed by atoms with Gasteiger partial charge in [-0.05, 0) is 30.3 Å². The van der Waals surface area contributed by atoms with Gasteiger partial charge in [-0.15, -0.1) is 0 Å². The topological polar surface area (TPSA) is 42.8 Å². The molecule has 0 saturated heterocycles. The minimum absolute atomic E-state index is 0.141. The first-order chi connectivity index (χ1) is 11.4. The molecular formula is C17H18Cl3N2O2+. The van der Waals surface area contributed by atoms with Crippen molar-refractivity contribution in [2.24, 2.45) is 0 Å². The molecule has 4 nitrogen and oxygen atoms in total. The molecule has 2 N–H and O–H groups in total. The van der Waals surface area contributed by atoms with Crippen molar-refractivity contribution < 1.29 is 14.4 Å². The summed E-state index contributed by atoms with van der Waals surface area (Å²) in [6.07, 6.45) is 0. The van der Waals surface area contributed by atoms with Crippen LogP contribution in [0.1, 0.15) is 5.56 Å². The highest BCUT2D eigenvalue weighted by atomic mass is 35.5. The average molecular weight is 389 g/mol. The quantitative estimate of drug-likeness (QED) is 0.797. The number of nitrogens with one attached hydrogen (secondary N) is 2. The summed E-state index contributed by atoms with van der Waals surface area (Å²) < 4.78 is 5.22. The highest BCUT2D eigenvalue weighted by molar-refractivity contribution is 6.35. The molecule has 24 heavy (non-hydrogen) atoms. The smallest absolute Gasteiger partial charge is 0.279 e. The number of ether oxygens (including phenoxy) is 1. The molecule has 2 aromatic rings. The molecule has 0 aliphatic heterocycles. The Morgan fingerprint density at radius 2 is 1.79 bits per heavy atom. The van der Waals surface area contributed by atoms with Crippen molar-refractivity contribution in [2.45, 2.75) is 6.54 Å². The Labute approximate surface area is 156 Å². The molecule has 0 fully saturated rings. The Bertz CT molecular complexity index is 738. The van der Waals surface area contributed by atoms with Crippen LogP contribution in [0, 0.1) is 0 Å². The molecule has 2 rings (SSSR count). The fourth-order valence-corrected chi connectivity index (χ4v) is 2.95. The fraction of sp³-hybridized carbons (Fsp3) is 0.235. The first-order valence-corrected chi connectivity index (χ1v) is 8.41. The van der Waals surface area contributed by atoms with E-state index in [1.807, 2.05) is 13.1 Å². The molecule has 0 radical (unpaired) electrons. The third-order valence-electron chi connectivity index (χ3n) is 3.41. The lowest BCUT2D eigenvalue weighted by molar-refractivity contribution is -0.885. The number of quaternary nitrogens is 1. The second kappa shape index (κ2) is 8.58. The minimum atomic E-state index is -0.141. The van der Waals surface area contributed by atoms with Gasteiger partial charge in [-0.1, -0.05) is 40.9 Å². The second-order valence-electron chi connectivity index (χ2n) is 5.44. The third kappa shape index (κ3) is 5.28. The van der Waals surface area contributed by atoms with Gasteiger partial charge in [-0.3, -0.25) is 4.79 Å². The summed E-state index contributed by atoms with van der Waals surface area (Å²) in [7, 11) is 3.46. The summed E-state index contributed by atoms with van der Waals surface area (Å²) in [6, 6.07) is 10.4. The van der Waals surface area contributed by atoms with Gasteiger partial charge in [0.25, 0.3) is 5.91 Å². The predicted molar refractivity (Wildman–Crippen MR) is 98.6 cm³/mol. The molecule has 0 aromatic heterocycles. The first-order valence-electron chi connectivity index (χ1n) is 7.27. The Balaban J connectivity index is 1.98. The van der Waals surface area contributed by atoms with Gasteiger partial charge in [0.1, 0.15) is 12.3 Å². The summed E-state index contributed by atoms with van der Waals surface area (Å²) in [6.45, 7) is 0.880. The average Bonchev–Trinajstić information content (AvgIpc) is 2.50. The Hall–Kier alpha value is -1.46. The normalized spacial score (nSPS) is 11.9. The van der Waals surface area contributed by atoms with E-state index in [-0.39, 0.29) is 12.5 Å². The number of likely N-dealkylation sites (N-methyl/N-ethyl adjacent to an activating group) is 1. The zero-order valence-corrected chi connectivity index (χ0v) is 15.6. The van der Waals surface area contributed by atoms with Crippen LogP contribution in [0.2, 0.25) is 15.1 Å². The second-order valence-corrected chi connectivity index (χ2v) is 6.72. The van der Waals surface area contributed by atoms with Crippen LogP contribution in [0.25, 0.3) is 0 Å². The lowest BCUT2D eigenvalue weighted by Crippen LogP contribution is -3.08. The number of carbonyl (C=O) groups excluding carboxylic acids is 1. The van der Waals surface area contributed by atoms with Gasteiger partial charge in [-0.2, -0.15) is 0 Å². The van der Waals surface area contributed by atoms with Crippen molar-refractivity contribution >= 4 is 46.4 Å². The van der Waals surface area contributed by atoms with Crippen molar-refractivity contribution in [3.8, 4) is 5.75 Å². The van der Waals surface area contributed by atoms with Gasteiger partial charge in [0, 0.05) is 15.6 Å². The Morgan fingerprint density at radius 3 is 2.46 bits per heavy atom. The molecule has 0 aliphatic carbocycles. The van der Waals surface area contributed by atoms with E-state index in [1.54, 1.807) is 37.4 Å². The molecule has 1 unspecified atom stereocenters. The summed E-state index contributed by atoms with van der Waals surface area (Å²) in [5, 5.41) is 4.53. The SMILES string of the molecule is COc1ccc(Cl)cc1NC(=O)C[NH+](C)Cc1ccc(Cl)cc1Cl. The number of halogens is 3. The summed E-state index contributed by atoms with van der Waals surface area (Å²) in [5.41, 5.74) is 1.49. The number of benzene rings is 2. The van der Waals surface area contributed by atoms with Crippen LogP contribution in [0.5, 0.6) is 5.75 Å². The van der Waals surface area contributed by atoms with Crippen LogP contribution in [-0.4, -0.2) is 26.6 Å². The lowest BCUT2D eigenvalue weighted by Gasteiger charge is -2.16. The fourth-order valence-electron chi connectivity index (χ4n) is 2.30. The molecule has 0 saturated carbocycles.